The SMILES string of the molecule is CNC(C(=O)OC(C)C(=O)CC(CCCCNC(=O)OCC1c2ccccc2-c2ccccc21)C(=O)OC(C(=O)CC(C(=O)OC(C)C(=O)OCc1ccccc1)C(C)C)C(C)C)C(C)C. The Morgan fingerprint density at radius 2 is 1.17 bits per heavy atom. The van der Waals surface area contributed by atoms with Gasteiger partial charge in [0, 0.05) is 25.3 Å². The number of nitrogens with one attached hydrogen (secondary N) is 2. The van der Waals surface area contributed by atoms with Crippen LogP contribution in [0, 0.1) is 29.6 Å². The molecule has 14 heteroatoms. The van der Waals surface area contributed by atoms with Gasteiger partial charge in [-0.15, -0.1) is 0 Å². The van der Waals surface area contributed by atoms with Crippen molar-refractivity contribution >= 4 is 41.5 Å². The molecule has 2 N–H and O–H groups in total. The number of ketones is 2. The molecular formula is C52H68N2O12. The van der Waals surface area contributed by atoms with Gasteiger partial charge >= 0.3 is 30.0 Å². The number of amides is 1. The summed E-state index contributed by atoms with van der Waals surface area (Å²) in [5, 5.41) is 5.67. The largest absolute Gasteiger partial charge is 0.458 e. The summed E-state index contributed by atoms with van der Waals surface area (Å²) in [7, 11) is 1.62. The lowest BCUT2D eigenvalue weighted by Crippen LogP contribution is -2.42. The summed E-state index contributed by atoms with van der Waals surface area (Å²) in [6.07, 6.45) is -3.97. The summed E-state index contributed by atoms with van der Waals surface area (Å²) in [5.74, 6) is -7.04. The fourth-order valence-electron chi connectivity index (χ4n) is 7.98. The number of esters is 4. The maximum atomic E-state index is 14.0. The Hall–Kier alpha value is -5.89. The van der Waals surface area contributed by atoms with Gasteiger partial charge in [-0.05, 0) is 79.3 Å². The summed E-state index contributed by atoms with van der Waals surface area (Å²) in [5.41, 5.74) is 5.19. The van der Waals surface area contributed by atoms with Gasteiger partial charge in [-0.3, -0.25) is 24.0 Å². The van der Waals surface area contributed by atoms with E-state index in [1.807, 2.05) is 68.4 Å². The van der Waals surface area contributed by atoms with Crippen molar-refractivity contribution < 1.29 is 57.2 Å². The molecule has 6 unspecified atom stereocenters. The first-order valence-corrected chi connectivity index (χ1v) is 23.1. The molecule has 1 aliphatic carbocycles. The van der Waals surface area contributed by atoms with Crippen LogP contribution in [0.3, 0.4) is 0 Å². The number of rotatable bonds is 26. The second-order valence-electron chi connectivity index (χ2n) is 18.0. The molecule has 0 aliphatic heterocycles. The van der Waals surface area contributed by atoms with E-state index in [1.165, 1.54) is 13.8 Å². The smallest absolute Gasteiger partial charge is 0.407 e. The van der Waals surface area contributed by atoms with E-state index in [9.17, 15) is 33.6 Å². The third-order valence-corrected chi connectivity index (χ3v) is 11.9. The lowest BCUT2D eigenvalue weighted by Gasteiger charge is -2.27. The molecule has 0 saturated carbocycles. The average molecular weight is 913 g/mol. The Kier molecular flexibility index (Phi) is 20.5. The number of likely N-dealkylation sites (N-methyl/N-ethyl adjacent to an activating group) is 1. The first-order chi connectivity index (χ1) is 31.4. The molecule has 1 aliphatic rings. The lowest BCUT2D eigenvalue weighted by molar-refractivity contribution is -0.172. The van der Waals surface area contributed by atoms with Crippen LogP contribution < -0.4 is 10.6 Å². The van der Waals surface area contributed by atoms with Crippen molar-refractivity contribution in [2.45, 2.75) is 124 Å². The summed E-state index contributed by atoms with van der Waals surface area (Å²) in [6.45, 7) is 13.8. The zero-order valence-corrected chi connectivity index (χ0v) is 39.8. The van der Waals surface area contributed by atoms with Gasteiger partial charge in [0.1, 0.15) is 19.3 Å². The summed E-state index contributed by atoms with van der Waals surface area (Å²) in [4.78, 5) is 93.2. The molecule has 0 aromatic heterocycles. The Morgan fingerprint density at radius 1 is 0.576 bits per heavy atom. The molecule has 4 rings (SSSR count). The number of ether oxygens (including phenoxy) is 5. The molecule has 0 spiro atoms. The minimum Gasteiger partial charge on any atom is -0.458 e. The first kappa shape index (κ1) is 52.7. The van der Waals surface area contributed by atoms with Gasteiger partial charge < -0.3 is 34.3 Å². The molecule has 0 saturated heterocycles. The third kappa shape index (κ3) is 15.1. The lowest BCUT2D eigenvalue weighted by atomic mass is 9.87. The number of fused-ring (bicyclic) bond motifs is 3. The normalized spacial score (nSPS) is 14.8. The fraction of sp³-hybridized carbons (Fsp3) is 0.519. The van der Waals surface area contributed by atoms with Gasteiger partial charge in [0.25, 0.3) is 0 Å². The van der Waals surface area contributed by atoms with E-state index in [0.29, 0.717) is 12.8 Å². The highest BCUT2D eigenvalue weighted by Crippen LogP contribution is 2.44. The second kappa shape index (κ2) is 25.7. The van der Waals surface area contributed by atoms with Crippen molar-refractivity contribution in [2.24, 2.45) is 29.6 Å². The molecule has 3 aromatic carbocycles. The maximum Gasteiger partial charge on any atom is 0.407 e. The van der Waals surface area contributed by atoms with Crippen molar-refractivity contribution in [2.75, 3.05) is 20.2 Å². The standard InChI is InChI=1S/C52H68N2O12/c1-31(2)42(50(59)65-35(8)48(57)62-29-36-19-11-10-12-20-36)28-45(56)47(33(5)6)66-49(58)37(27-44(55)34(7)64-51(60)46(53-9)32(3)4)21-17-18-26-54-52(61)63-30-43-40-24-15-13-22-38(40)39-23-14-16-25-41(39)43/h10-16,19-20,22-25,31-35,37,42-43,46-47,53H,17-18,21,26-30H2,1-9H3,(H,54,61). The van der Waals surface area contributed by atoms with Crippen molar-refractivity contribution in [3.05, 3.63) is 95.6 Å². The van der Waals surface area contributed by atoms with Crippen LogP contribution in [0.4, 0.5) is 4.79 Å². The third-order valence-electron chi connectivity index (χ3n) is 11.9. The molecule has 0 bridgehead atoms. The van der Waals surface area contributed by atoms with Crippen molar-refractivity contribution in [1.82, 2.24) is 10.6 Å². The molecule has 66 heavy (non-hydrogen) atoms. The summed E-state index contributed by atoms with van der Waals surface area (Å²) in [6, 6.07) is 24.5. The van der Waals surface area contributed by atoms with E-state index in [0.717, 1.165) is 27.8 Å². The number of benzene rings is 3. The average Bonchev–Trinajstić information content (AvgIpc) is 3.60. The minimum absolute atomic E-state index is 0.00112. The molecule has 0 fully saturated rings. The Morgan fingerprint density at radius 3 is 1.74 bits per heavy atom. The van der Waals surface area contributed by atoms with Crippen LogP contribution in [-0.4, -0.2) is 86.1 Å². The molecule has 358 valence electrons. The molecule has 14 nitrogen and oxygen atoms in total. The van der Waals surface area contributed by atoms with E-state index in [2.05, 4.69) is 22.8 Å². The topological polar surface area (TPSA) is 190 Å². The molecule has 6 atom stereocenters. The molecule has 3 aromatic rings. The molecule has 1 amide bonds. The number of Topliss-reactive ketones (excluding diaryl/α,β-unsaturated/α-hetero) is 2. The van der Waals surface area contributed by atoms with Crippen molar-refractivity contribution in [3.8, 4) is 11.1 Å². The summed E-state index contributed by atoms with van der Waals surface area (Å²) >= 11 is 0. The van der Waals surface area contributed by atoms with E-state index < -0.39 is 83.6 Å². The van der Waals surface area contributed by atoms with Crippen LogP contribution in [-0.2, 0) is 59.1 Å². The number of alkyl carbamates (subject to hydrolysis) is 1. The number of carbonyl (C=O) groups is 7. The van der Waals surface area contributed by atoms with Gasteiger partial charge in [-0.1, -0.05) is 127 Å². The van der Waals surface area contributed by atoms with E-state index in [-0.39, 0.29) is 56.8 Å². The quantitative estimate of drug-likeness (QED) is 0.0449. The monoisotopic (exact) mass is 912 g/mol. The van der Waals surface area contributed by atoms with Gasteiger partial charge in [-0.25, -0.2) is 9.59 Å². The predicted molar refractivity (Wildman–Crippen MR) is 248 cm³/mol. The van der Waals surface area contributed by atoms with Crippen LogP contribution in [0.2, 0.25) is 0 Å². The molecule has 0 heterocycles. The van der Waals surface area contributed by atoms with Crippen molar-refractivity contribution in [1.29, 1.82) is 0 Å². The highest BCUT2D eigenvalue weighted by atomic mass is 16.6. The van der Waals surface area contributed by atoms with Crippen LogP contribution in [0.15, 0.2) is 78.9 Å². The van der Waals surface area contributed by atoms with Gasteiger partial charge in [0.05, 0.1) is 11.8 Å². The highest BCUT2D eigenvalue weighted by molar-refractivity contribution is 5.92. The maximum absolute atomic E-state index is 14.0. The highest BCUT2D eigenvalue weighted by Gasteiger charge is 2.37. The van der Waals surface area contributed by atoms with Crippen molar-refractivity contribution in [3.63, 3.8) is 0 Å². The number of hydrogen-bond donors (Lipinski definition) is 2. The minimum atomic E-state index is -1.27. The first-order valence-electron chi connectivity index (χ1n) is 23.1. The van der Waals surface area contributed by atoms with Gasteiger partial charge in [0.2, 0.25) is 0 Å². The Bertz CT molecular complexity index is 2070. The van der Waals surface area contributed by atoms with E-state index in [4.69, 9.17) is 23.7 Å². The molecular weight excluding hydrogens is 845 g/mol. The molecule has 0 radical (unpaired) electrons. The van der Waals surface area contributed by atoms with E-state index >= 15 is 0 Å². The Balaban J connectivity index is 1.37. The Labute approximate surface area is 389 Å². The van der Waals surface area contributed by atoms with Crippen LogP contribution in [0.25, 0.3) is 11.1 Å². The zero-order chi connectivity index (χ0) is 48.5. The van der Waals surface area contributed by atoms with Gasteiger partial charge in [-0.2, -0.15) is 0 Å². The fourth-order valence-corrected chi connectivity index (χ4v) is 7.98. The second-order valence-corrected chi connectivity index (χ2v) is 18.0. The number of unbranched alkanes of at least 4 members (excludes halogenated alkanes) is 1. The van der Waals surface area contributed by atoms with Crippen LogP contribution in [0.1, 0.15) is 110 Å². The van der Waals surface area contributed by atoms with Gasteiger partial charge in [0.15, 0.2) is 29.9 Å². The van der Waals surface area contributed by atoms with Crippen LogP contribution >= 0.6 is 0 Å². The summed E-state index contributed by atoms with van der Waals surface area (Å²) < 4.78 is 27.8. The van der Waals surface area contributed by atoms with E-state index in [1.54, 1.807) is 46.9 Å². The predicted octanol–water partition coefficient (Wildman–Crippen LogP) is 7.92. The zero-order valence-electron chi connectivity index (χ0n) is 39.8. The number of hydrogen-bond acceptors (Lipinski definition) is 13. The van der Waals surface area contributed by atoms with Crippen LogP contribution in [0.5, 0.6) is 0 Å². The number of carbonyl (C=O) groups excluding carboxylic acids is 7.